The van der Waals surface area contributed by atoms with Crippen molar-refractivity contribution in [2.45, 2.75) is 88.4 Å². The first-order valence-electron chi connectivity index (χ1n) is 17.1. The van der Waals surface area contributed by atoms with E-state index in [-0.39, 0.29) is 32.2 Å². The number of alkyl carbamates (subject to hydrolysis) is 1. The van der Waals surface area contributed by atoms with Crippen LogP contribution in [0.3, 0.4) is 0 Å². The first-order chi connectivity index (χ1) is 23.7. The van der Waals surface area contributed by atoms with Gasteiger partial charge >= 0.3 is 12.1 Å². The van der Waals surface area contributed by atoms with Crippen molar-refractivity contribution in [1.82, 2.24) is 21.3 Å². The largest absolute Gasteiger partial charge is 0.481 e. The van der Waals surface area contributed by atoms with E-state index in [2.05, 4.69) is 21.3 Å². The van der Waals surface area contributed by atoms with Crippen molar-refractivity contribution in [2.24, 2.45) is 17.2 Å². The van der Waals surface area contributed by atoms with Crippen LogP contribution in [0.25, 0.3) is 11.1 Å². The Morgan fingerprint density at radius 2 is 1.06 bits per heavy atom. The van der Waals surface area contributed by atoms with E-state index in [1.807, 2.05) is 48.5 Å². The highest BCUT2D eigenvalue weighted by Gasteiger charge is 2.33. The molecule has 4 amide bonds. The summed E-state index contributed by atoms with van der Waals surface area (Å²) < 4.78 is 5.92. The van der Waals surface area contributed by atoms with Gasteiger partial charge in [0.2, 0.25) is 17.7 Å². The molecule has 0 saturated heterocycles. The summed E-state index contributed by atoms with van der Waals surface area (Å²) in [5.74, 6) is -2.76. The third kappa shape index (κ3) is 12.1. The normalized spacial score (nSPS) is 13.7. The third-order valence-electron chi connectivity index (χ3n) is 8.35. The van der Waals surface area contributed by atoms with E-state index in [0.29, 0.717) is 58.2 Å². The Hall–Kier alpha value is -4.53. The van der Waals surface area contributed by atoms with E-state index < -0.39 is 54.0 Å². The average molecular weight is 682 g/mol. The molecule has 0 aromatic heterocycles. The number of hydrogen-bond acceptors (Lipinski definition) is 9. The summed E-state index contributed by atoms with van der Waals surface area (Å²) in [6.45, 7) is 1.09. The SMILES string of the molecule is NCCCC[C@H](NC(=O)OC1c2ccccc2-c2ccccc21)C(=O)N[C@@H](CCCCN)C(=O)N[C@@H](CCCCN)C(=O)NCCC(=O)O. The lowest BCUT2D eigenvalue weighted by atomic mass is 10.0. The fourth-order valence-electron chi connectivity index (χ4n) is 5.76. The van der Waals surface area contributed by atoms with Crippen LogP contribution < -0.4 is 38.5 Å². The Bertz CT molecular complexity index is 1360. The molecule has 0 spiro atoms. The zero-order valence-electron chi connectivity index (χ0n) is 28.0. The van der Waals surface area contributed by atoms with Gasteiger partial charge < -0.3 is 48.3 Å². The molecule has 2 aromatic carbocycles. The second kappa shape index (κ2) is 20.8. The second-order valence-electron chi connectivity index (χ2n) is 12.1. The molecule has 49 heavy (non-hydrogen) atoms. The van der Waals surface area contributed by atoms with Gasteiger partial charge in [-0.05, 0) is 88.5 Å². The second-order valence-corrected chi connectivity index (χ2v) is 12.1. The minimum absolute atomic E-state index is 0.0988. The molecule has 14 nitrogen and oxygen atoms in total. The van der Waals surface area contributed by atoms with Crippen LogP contribution in [0.15, 0.2) is 48.5 Å². The van der Waals surface area contributed by atoms with Crippen LogP contribution >= 0.6 is 0 Å². The molecule has 3 rings (SSSR count). The Morgan fingerprint density at radius 3 is 1.51 bits per heavy atom. The number of rotatable bonds is 22. The quantitative estimate of drug-likeness (QED) is 0.0838. The first kappa shape index (κ1) is 38.9. The van der Waals surface area contributed by atoms with Gasteiger partial charge in [-0.15, -0.1) is 0 Å². The number of carbonyl (C=O) groups is 5. The average Bonchev–Trinajstić information content (AvgIpc) is 3.39. The Balaban J connectivity index is 1.74. The summed E-state index contributed by atoms with van der Waals surface area (Å²) in [4.78, 5) is 64.5. The number of hydrogen-bond donors (Lipinski definition) is 8. The van der Waals surface area contributed by atoms with Gasteiger partial charge in [-0.1, -0.05) is 48.5 Å². The molecular weight excluding hydrogens is 630 g/mol. The number of nitrogens with two attached hydrogens (primary N) is 3. The van der Waals surface area contributed by atoms with Gasteiger partial charge in [0, 0.05) is 17.7 Å². The first-order valence-corrected chi connectivity index (χ1v) is 17.1. The van der Waals surface area contributed by atoms with Gasteiger partial charge in [-0.2, -0.15) is 0 Å². The summed E-state index contributed by atoms with van der Waals surface area (Å²) in [6.07, 6.45) is 2.48. The molecule has 11 N–H and O–H groups in total. The number of ether oxygens (including phenoxy) is 1. The topological polar surface area (TPSA) is 241 Å². The van der Waals surface area contributed by atoms with Crippen molar-refractivity contribution in [3.05, 3.63) is 59.7 Å². The summed E-state index contributed by atoms with van der Waals surface area (Å²) in [5, 5.41) is 19.7. The summed E-state index contributed by atoms with van der Waals surface area (Å²) >= 11 is 0. The molecule has 0 fully saturated rings. The van der Waals surface area contributed by atoms with Crippen LogP contribution in [0.1, 0.15) is 81.4 Å². The number of amides is 4. The van der Waals surface area contributed by atoms with Crippen LogP contribution in [-0.2, 0) is 23.9 Å². The molecule has 0 radical (unpaired) electrons. The summed E-state index contributed by atoms with van der Waals surface area (Å²) in [5.41, 5.74) is 20.6. The van der Waals surface area contributed by atoms with Crippen molar-refractivity contribution in [3.63, 3.8) is 0 Å². The zero-order valence-corrected chi connectivity index (χ0v) is 28.0. The van der Waals surface area contributed by atoms with Gasteiger partial charge in [-0.25, -0.2) is 4.79 Å². The molecule has 1 aliphatic rings. The Morgan fingerprint density at radius 1 is 0.633 bits per heavy atom. The molecule has 0 saturated carbocycles. The Kier molecular flexibility index (Phi) is 16.5. The van der Waals surface area contributed by atoms with Crippen molar-refractivity contribution >= 4 is 29.8 Å². The van der Waals surface area contributed by atoms with Crippen molar-refractivity contribution in [1.29, 1.82) is 0 Å². The molecule has 268 valence electrons. The van der Waals surface area contributed by atoms with Crippen LogP contribution in [0.4, 0.5) is 4.79 Å². The number of carbonyl (C=O) groups excluding carboxylic acids is 4. The number of unbranched alkanes of at least 4 members (excludes halogenated alkanes) is 3. The van der Waals surface area contributed by atoms with Gasteiger partial charge in [0.05, 0.1) is 6.42 Å². The molecular formula is C35H51N7O7. The lowest BCUT2D eigenvalue weighted by Crippen LogP contribution is -2.56. The monoisotopic (exact) mass is 681 g/mol. The van der Waals surface area contributed by atoms with E-state index in [4.69, 9.17) is 27.0 Å². The standard InChI is InChI=1S/C35H51N7O7/c36-19-8-5-15-27(32(45)39-22-18-30(43)44)40-33(46)28(16-6-9-20-37)41-34(47)29(17-7-10-21-38)42-35(48)49-31-25-13-3-1-11-23(25)24-12-2-4-14-26(24)31/h1-4,11-14,27-29,31H,5-10,15-22,36-38H2,(H,39,45)(H,40,46)(H,41,47)(H,42,48)(H,43,44)/t27-,28-,29-/m0/s1. The fourth-order valence-corrected chi connectivity index (χ4v) is 5.76. The van der Waals surface area contributed by atoms with E-state index >= 15 is 0 Å². The van der Waals surface area contributed by atoms with Crippen molar-refractivity contribution < 1.29 is 33.8 Å². The highest BCUT2D eigenvalue weighted by atomic mass is 16.6. The molecule has 1 aliphatic carbocycles. The minimum Gasteiger partial charge on any atom is -0.481 e. The molecule has 0 heterocycles. The molecule has 14 heteroatoms. The van der Waals surface area contributed by atoms with Gasteiger partial charge in [-0.3, -0.25) is 19.2 Å². The smallest absolute Gasteiger partial charge is 0.408 e. The zero-order chi connectivity index (χ0) is 35.6. The molecule has 0 bridgehead atoms. The number of carboxylic acid groups (broad SMARTS) is 1. The fraction of sp³-hybridized carbons (Fsp3) is 0.514. The lowest BCUT2D eigenvalue weighted by molar-refractivity contribution is -0.137. The maximum Gasteiger partial charge on any atom is 0.408 e. The van der Waals surface area contributed by atoms with E-state index in [1.54, 1.807) is 0 Å². The van der Waals surface area contributed by atoms with Gasteiger partial charge in [0.1, 0.15) is 18.1 Å². The number of carboxylic acids is 1. The number of aliphatic carboxylic acids is 1. The van der Waals surface area contributed by atoms with E-state index in [9.17, 15) is 24.0 Å². The van der Waals surface area contributed by atoms with E-state index in [1.165, 1.54) is 0 Å². The number of benzene rings is 2. The highest BCUT2D eigenvalue weighted by Crippen LogP contribution is 2.45. The van der Waals surface area contributed by atoms with Gasteiger partial charge in [0.25, 0.3) is 0 Å². The predicted octanol–water partition coefficient (Wildman–Crippen LogP) is 1.80. The van der Waals surface area contributed by atoms with Crippen molar-refractivity contribution in [2.75, 3.05) is 26.2 Å². The molecule has 3 atom stereocenters. The Labute approximate surface area is 287 Å². The number of nitrogens with one attached hydrogen (secondary N) is 4. The minimum atomic E-state index is -1.07. The van der Waals surface area contributed by atoms with Crippen LogP contribution in [0.5, 0.6) is 0 Å². The summed E-state index contributed by atoms with van der Waals surface area (Å²) in [6, 6.07) is 12.3. The van der Waals surface area contributed by atoms with Gasteiger partial charge in [0.15, 0.2) is 6.10 Å². The van der Waals surface area contributed by atoms with Crippen molar-refractivity contribution in [3.8, 4) is 11.1 Å². The predicted molar refractivity (Wildman–Crippen MR) is 185 cm³/mol. The highest BCUT2D eigenvalue weighted by molar-refractivity contribution is 5.94. The lowest BCUT2D eigenvalue weighted by Gasteiger charge is -2.26. The maximum absolute atomic E-state index is 13.7. The molecule has 0 unspecified atom stereocenters. The maximum atomic E-state index is 13.7. The van der Waals surface area contributed by atoms with Crippen LogP contribution in [0, 0.1) is 0 Å². The molecule has 2 aromatic rings. The molecule has 0 aliphatic heterocycles. The van der Waals surface area contributed by atoms with Crippen LogP contribution in [0.2, 0.25) is 0 Å². The van der Waals surface area contributed by atoms with E-state index in [0.717, 1.165) is 22.3 Å². The summed E-state index contributed by atoms with van der Waals surface area (Å²) in [7, 11) is 0. The van der Waals surface area contributed by atoms with Crippen LogP contribution in [-0.4, -0.2) is 79.2 Å². The number of fused-ring (bicyclic) bond motifs is 3. The third-order valence-corrected chi connectivity index (χ3v) is 8.35.